The van der Waals surface area contributed by atoms with Crippen molar-refractivity contribution in [2.45, 2.75) is 12.3 Å². The predicted octanol–water partition coefficient (Wildman–Crippen LogP) is 3.31. The van der Waals surface area contributed by atoms with E-state index in [0.29, 0.717) is 26.2 Å². The van der Waals surface area contributed by atoms with E-state index in [4.69, 9.17) is 0 Å². The fraction of sp³-hybridized carbons (Fsp3) is 0.304. The molecule has 2 aliphatic rings. The number of hydrogen-bond acceptors (Lipinski definition) is 2. The number of halogens is 1. The Morgan fingerprint density at radius 2 is 1.54 bits per heavy atom. The highest BCUT2D eigenvalue weighted by Crippen LogP contribution is 2.48. The Labute approximate surface area is 164 Å². The van der Waals surface area contributed by atoms with Gasteiger partial charge in [-0.05, 0) is 41.7 Å². The molecule has 0 N–H and O–H groups in total. The zero-order valence-electron chi connectivity index (χ0n) is 15.6. The third-order valence-corrected chi connectivity index (χ3v) is 5.53. The molecule has 0 radical (unpaired) electrons. The van der Waals surface area contributed by atoms with Gasteiger partial charge in [-0.1, -0.05) is 42.5 Å². The number of hydrogen-bond donors (Lipinski definition) is 0. The number of nitrogens with zero attached hydrogens (tertiary/aromatic N) is 2. The van der Waals surface area contributed by atoms with Crippen LogP contribution in [0.1, 0.15) is 23.5 Å². The van der Waals surface area contributed by atoms with Crippen LogP contribution in [0.15, 0.2) is 60.7 Å². The predicted molar refractivity (Wildman–Crippen MR) is 106 cm³/mol. The van der Waals surface area contributed by atoms with Gasteiger partial charge >= 0.3 is 0 Å². The molecule has 0 spiro atoms. The number of rotatable bonds is 4. The van der Waals surface area contributed by atoms with Crippen molar-refractivity contribution in [1.29, 1.82) is 0 Å². The van der Waals surface area contributed by atoms with E-state index >= 15 is 0 Å². The summed E-state index contributed by atoms with van der Waals surface area (Å²) in [5, 5.41) is 0. The van der Waals surface area contributed by atoms with E-state index in [0.717, 1.165) is 17.5 Å². The van der Waals surface area contributed by atoms with E-state index < -0.39 is 0 Å². The second-order valence-corrected chi connectivity index (χ2v) is 7.39. The van der Waals surface area contributed by atoms with Gasteiger partial charge < -0.3 is 9.80 Å². The Bertz CT molecular complexity index is 871. The first-order valence-electron chi connectivity index (χ1n) is 9.68. The van der Waals surface area contributed by atoms with Crippen LogP contribution in [-0.2, 0) is 9.59 Å². The van der Waals surface area contributed by atoms with Crippen LogP contribution in [0.5, 0.6) is 0 Å². The molecule has 5 heteroatoms. The van der Waals surface area contributed by atoms with E-state index in [9.17, 15) is 14.0 Å². The molecule has 144 valence electrons. The van der Waals surface area contributed by atoms with Gasteiger partial charge in [-0.25, -0.2) is 4.39 Å². The van der Waals surface area contributed by atoms with E-state index in [2.05, 4.69) is 0 Å². The second-order valence-electron chi connectivity index (χ2n) is 7.39. The molecule has 2 amide bonds. The third-order valence-electron chi connectivity index (χ3n) is 5.53. The molecule has 1 heterocycles. The van der Waals surface area contributed by atoms with Gasteiger partial charge in [0.05, 0.1) is 0 Å². The van der Waals surface area contributed by atoms with Crippen molar-refractivity contribution in [3.05, 3.63) is 77.6 Å². The zero-order chi connectivity index (χ0) is 19.5. The standard InChI is InChI=1S/C23H23FN2O2/c24-19-9-7-18(8-10-19)20-16-21(20)23(28)26-14-12-25(13-15-26)22(27)11-6-17-4-2-1-3-5-17/h1-11,20-21H,12-16H2/b11-6+/t20-,21-/m1/s1. The topological polar surface area (TPSA) is 40.6 Å². The van der Waals surface area contributed by atoms with Gasteiger partial charge in [0.15, 0.2) is 0 Å². The molecule has 2 fully saturated rings. The van der Waals surface area contributed by atoms with Crippen LogP contribution in [0.25, 0.3) is 6.08 Å². The lowest BCUT2D eigenvalue weighted by Gasteiger charge is -2.34. The van der Waals surface area contributed by atoms with Crippen LogP contribution in [0.4, 0.5) is 4.39 Å². The van der Waals surface area contributed by atoms with Crippen molar-refractivity contribution < 1.29 is 14.0 Å². The minimum Gasteiger partial charge on any atom is -0.339 e. The number of carbonyl (C=O) groups is 2. The molecule has 1 saturated carbocycles. The summed E-state index contributed by atoms with van der Waals surface area (Å²) in [5.74, 6) is 0.0643. The highest BCUT2D eigenvalue weighted by Gasteiger charge is 2.46. The largest absolute Gasteiger partial charge is 0.339 e. The molecular formula is C23H23FN2O2. The lowest BCUT2D eigenvalue weighted by Crippen LogP contribution is -2.50. The Morgan fingerprint density at radius 3 is 2.21 bits per heavy atom. The summed E-state index contributed by atoms with van der Waals surface area (Å²) in [6.45, 7) is 2.24. The molecule has 1 saturated heterocycles. The highest BCUT2D eigenvalue weighted by molar-refractivity contribution is 5.92. The molecule has 28 heavy (non-hydrogen) atoms. The Kier molecular flexibility index (Phi) is 5.24. The normalized spacial score (nSPS) is 21.8. The summed E-state index contributed by atoms with van der Waals surface area (Å²) in [5.41, 5.74) is 2.02. The van der Waals surface area contributed by atoms with Gasteiger partial charge in [-0.2, -0.15) is 0 Å². The van der Waals surface area contributed by atoms with Crippen molar-refractivity contribution in [2.75, 3.05) is 26.2 Å². The summed E-state index contributed by atoms with van der Waals surface area (Å²) in [7, 11) is 0. The molecule has 4 rings (SSSR count). The Hall–Kier alpha value is -2.95. The first kappa shape index (κ1) is 18.4. The average Bonchev–Trinajstić information content (AvgIpc) is 3.54. The van der Waals surface area contributed by atoms with Crippen LogP contribution in [0, 0.1) is 11.7 Å². The van der Waals surface area contributed by atoms with Crippen molar-refractivity contribution in [3.63, 3.8) is 0 Å². The number of piperazine rings is 1. The third kappa shape index (κ3) is 4.14. The summed E-state index contributed by atoms with van der Waals surface area (Å²) >= 11 is 0. The molecule has 4 nitrogen and oxygen atoms in total. The minimum atomic E-state index is -0.255. The van der Waals surface area contributed by atoms with Crippen LogP contribution in [0.2, 0.25) is 0 Å². The van der Waals surface area contributed by atoms with Gasteiger partial charge in [0.25, 0.3) is 0 Å². The molecule has 2 atom stereocenters. The Balaban J connectivity index is 1.27. The van der Waals surface area contributed by atoms with E-state index in [-0.39, 0.29) is 29.5 Å². The quantitative estimate of drug-likeness (QED) is 0.766. The monoisotopic (exact) mass is 378 g/mol. The van der Waals surface area contributed by atoms with Gasteiger partial charge in [-0.15, -0.1) is 0 Å². The van der Waals surface area contributed by atoms with Gasteiger partial charge in [0.2, 0.25) is 11.8 Å². The molecule has 0 aromatic heterocycles. The molecule has 2 aromatic carbocycles. The summed E-state index contributed by atoms with van der Waals surface area (Å²) in [6.07, 6.45) is 4.24. The fourth-order valence-electron chi connectivity index (χ4n) is 3.77. The van der Waals surface area contributed by atoms with E-state index in [1.807, 2.05) is 41.3 Å². The highest BCUT2D eigenvalue weighted by atomic mass is 19.1. The van der Waals surface area contributed by atoms with Crippen LogP contribution in [0.3, 0.4) is 0 Å². The van der Waals surface area contributed by atoms with E-state index in [1.165, 1.54) is 12.1 Å². The van der Waals surface area contributed by atoms with Crippen molar-refractivity contribution >= 4 is 17.9 Å². The summed E-state index contributed by atoms with van der Waals surface area (Å²) in [4.78, 5) is 28.7. The van der Waals surface area contributed by atoms with Crippen molar-refractivity contribution in [2.24, 2.45) is 5.92 Å². The van der Waals surface area contributed by atoms with Crippen molar-refractivity contribution in [1.82, 2.24) is 9.80 Å². The maximum absolute atomic E-state index is 13.1. The lowest BCUT2D eigenvalue weighted by molar-refractivity contribution is -0.138. The zero-order valence-corrected chi connectivity index (χ0v) is 15.6. The average molecular weight is 378 g/mol. The molecule has 1 aliphatic heterocycles. The number of carbonyl (C=O) groups excluding carboxylic acids is 2. The fourth-order valence-corrected chi connectivity index (χ4v) is 3.77. The SMILES string of the molecule is O=C(/C=C/c1ccccc1)N1CCN(C(=O)[C@@H]2C[C@@H]2c2ccc(F)cc2)CC1. The minimum absolute atomic E-state index is 0.00862. The maximum atomic E-state index is 13.1. The number of benzene rings is 2. The Morgan fingerprint density at radius 1 is 0.893 bits per heavy atom. The van der Waals surface area contributed by atoms with Crippen LogP contribution >= 0.6 is 0 Å². The van der Waals surface area contributed by atoms with E-state index in [1.54, 1.807) is 23.1 Å². The van der Waals surface area contributed by atoms with Crippen LogP contribution in [-0.4, -0.2) is 47.8 Å². The lowest BCUT2D eigenvalue weighted by atomic mass is 10.1. The molecule has 2 aromatic rings. The van der Waals surface area contributed by atoms with Gasteiger partial charge in [0, 0.05) is 38.2 Å². The summed E-state index contributed by atoms with van der Waals surface area (Å²) in [6, 6.07) is 16.1. The molecule has 0 bridgehead atoms. The summed E-state index contributed by atoms with van der Waals surface area (Å²) < 4.78 is 13.1. The number of amides is 2. The molecule has 0 unspecified atom stereocenters. The molecular weight excluding hydrogens is 355 g/mol. The van der Waals surface area contributed by atoms with Crippen LogP contribution < -0.4 is 0 Å². The smallest absolute Gasteiger partial charge is 0.246 e. The second kappa shape index (κ2) is 7.97. The van der Waals surface area contributed by atoms with Gasteiger partial charge in [-0.3, -0.25) is 9.59 Å². The van der Waals surface area contributed by atoms with Gasteiger partial charge in [0.1, 0.15) is 5.82 Å². The first-order chi connectivity index (χ1) is 13.6. The van der Waals surface area contributed by atoms with Crippen molar-refractivity contribution in [3.8, 4) is 0 Å². The first-order valence-corrected chi connectivity index (χ1v) is 9.68. The molecule has 1 aliphatic carbocycles. The maximum Gasteiger partial charge on any atom is 0.246 e.